The van der Waals surface area contributed by atoms with Crippen molar-refractivity contribution < 1.29 is 0 Å². The van der Waals surface area contributed by atoms with E-state index in [2.05, 4.69) is 75.4 Å². The summed E-state index contributed by atoms with van der Waals surface area (Å²) in [6, 6.07) is 8.81. The molecular weight excluding hydrogens is 240 g/mol. The van der Waals surface area contributed by atoms with Gasteiger partial charge in [-0.1, -0.05) is 65.8 Å². The molecule has 0 aliphatic heterocycles. The molecule has 0 saturated carbocycles. The average molecular weight is 264 g/mol. The summed E-state index contributed by atoms with van der Waals surface area (Å²) in [5.74, 6) is 0. The highest BCUT2D eigenvalue weighted by molar-refractivity contribution is 5.72. The number of fused-ring (bicyclic) bond motifs is 1. The maximum absolute atomic E-state index is 2.34. The van der Waals surface area contributed by atoms with Crippen LogP contribution in [0.4, 0.5) is 0 Å². The highest BCUT2D eigenvalue weighted by Crippen LogP contribution is 2.31. The second-order valence-electron chi connectivity index (χ2n) is 5.48. The monoisotopic (exact) mass is 264 g/mol. The van der Waals surface area contributed by atoms with Crippen LogP contribution in [-0.4, -0.2) is 0 Å². The average Bonchev–Trinajstić information content (AvgIpc) is 2.47. The lowest BCUT2D eigenvalue weighted by Crippen LogP contribution is -2.01. The van der Waals surface area contributed by atoms with Crippen molar-refractivity contribution in [3.05, 3.63) is 76.9 Å². The first-order valence-electron chi connectivity index (χ1n) is 7.47. The highest BCUT2D eigenvalue weighted by atomic mass is 14.2. The summed E-state index contributed by atoms with van der Waals surface area (Å²) in [6.45, 7) is 6.37. The highest BCUT2D eigenvalue weighted by Gasteiger charge is 2.12. The number of hydrogen-bond donors (Lipinski definition) is 0. The summed E-state index contributed by atoms with van der Waals surface area (Å²) in [5.41, 5.74) is 7.04. The SMILES string of the molecule is C/C=C(C)/C=C/C=C(C)/C=C1\CCCc2ccccc21. The fourth-order valence-electron chi connectivity index (χ4n) is 2.58. The van der Waals surface area contributed by atoms with E-state index in [1.807, 2.05) is 0 Å². The van der Waals surface area contributed by atoms with Crippen molar-refractivity contribution in [2.75, 3.05) is 0 Å². The lowest BCUT2D eigenvalue weighted by molar-refractivity contribution is 0.822. The zero-order valence-corrected chi connectivity index (χ0v) is 12.8. The Morgan fingerprint density at radius 2 is 1.85 bits per heavy atom. The number of benzene rings is 1. The molecule has 0 bridgehead atoms. The third-order valence-corrected chi connectivity index (χ3v) is 3.83. The zero-order chi connectivity index (χ0) is 14.4. The first kappa shape index (κ1) is 14.6. The molecule has 0 unspecified atom stereocenters. The molecule has 2 rings (SSSR count). The molecule has 0 spiro atoms. The van der Waals surface area contributed by atoms with Crippen molar-refractivity contribution in [2.45, 2.75) is 40.0 Å². The zero-order valence-electron chi connectivity index (χ0n) is 12.8. The summed E-state index contributed by atoms with van der Waals surface area (Å²) in [6.07, 6.45) is 14.6. The third kappa shape index (κ3) is 3.84. The fourth-order valence-corrected chi connectivity index (χ4v) is 2.58. The third-order valence-electron chi connectivity index (χ3n) is 3.83. The molecule has 0 heteroatoms. The van der Waals surface area contributed by atoms with Gasteiger partial charge in [0.1, 0.15) is 0 Å². The molecule has 0 nitrogen and oxygen atoms in total. The van der Waals surface area contributed by atoms with Gasteiger partial charge in [-0.15, -0.1) is 0 Å². The number of aryl methyl sites for hydroxylation is 1. The quantitative estimate of drug-likeness (QED) is 0.598. The van der Waals surface area contributed by atoms with Crippen LogP contribution < -0.4 is 0 Å². The molecule has 0 aromatic heterocycles. The van der Waals surface area contributed by atoms with Crippen LogP contribution in [0.5, 0.6) is 0 Å². The number of hydrogen-bond acceptors (Lipinski definition) is 0. The minimum Gasteiger partial charge on any atom is -0.0847 e. The van der Waals surface area contributed by atoms with E-state index in [0.717, 1.165) is 0 Å². The van der Waals surface area contributed by atoms with Gasteiger partial charge in [0.15, 0.2) is 0 Å². The Balaban J connectivity index is 2.20. The normalized spacial score (nSPS) is 18.6. The molecule has 1 aromatic rings. The second kappa shape index (κ2) is 7.09. The van der Waals surface area contributed by atoms with Crippen LogP contribution in [0.15, 0.2) is 65.8 Å². The van der Waals surface area contributed by atoms with E-state index in [1.165, 1.54) is 47.1 Å². The van der Waals surface area contributed by atoms with Crippen LogP contribution >= 0.6 is 0 Å². The van der Waals surface area contributed by atoms with Crippen LogP contribution in [0.25, 0.3) is 5.57 Å². The van der Waals surface area contributed by atoms with Gasteiger partial charge in [0, 0.05) is 0 Å². The standard InChI is InChI=1S/C20H24/c1-4-16(2)9-7-10-17(3)15-19-13-8-12-18-11-5-6-14-20(18)19/h4-7,9-11,14-15H,8,12-13H2,1-3H3/b9-7+,16-4+,17-10+,19-15+. The summed E-state index contributed by atoms with van der Waals surface area (Å²) >= 11 is 0. The van der Waals surface area contributed by atoms with Crippen LogP contribution in [-0.2, 0) is 6.42 Å². The Kier molecular flexibility index (Phi) is 5.17. The van der Waals surface area contributed by atoms with Gasteiger partial charge in [0.25, 0.3) is 0 Å². The van der Waals surface area contributed by atoms with Gasteiger partial charge >= 0.3 is 0 Å². The molecule has 0 saturated heterocycles. The first-order chi connectivity index (χ1) is 9.70. The summed E-state index contributed by atoms with van der Waals surface area (Å²) in [7, 11) is 0. The van der Waals surface area contributed by atoms with Gasteiger partial charge in [-0.2, -0.15) is 0 Å². The van der Waals surface area contributed by atoms with E-state index in [9.17, 15) is 0 Å². The minimum atomic E-state index is 1.19. The molecule has 104 valence electrons. The van der Waals surface area contributed by atoms with Gasteiger partial charge in [0.05, 0.1) is 0 Å². The van der Waals surface area contributed by atoms with Crippen molar-refractivity contribution in [3.8, 4) is 0 Å². The topological polar surface area (TPSA) is 0 Å². The molecule has 0 atom stereocenters. The van der Waals surface area contributed by atoms with E-state index in [1.54, 1.807) is 0 Å². The minimum absolute atomic E-state index is 1.19. The molecule has 0 fully saturated rings. The van der Waals surface area contributed by atoms with Gasteiger partial charge in [0.2, 0.25) is 0 Å². The largest absolute Gasteiger partial charge is 0.0847 e. The molecule has 1 aliphatic carbocycles. The molecule has 20 heavy (non-hydrogen) atoms. The van der Waals surface area contributed by atoms with E-state index in [-0.39, 0.29) is 0 Å². The lowest BCUT2D eigenvalue weighted by Gasteiger charge is -2.18. The molecule has 1 aliphatic rings. The maximum atomic E-state index is 2.34. The van der Waals surface area contributed by atoms with E-state index in [4.69, 9.17) is 0 Å². The summed E-state index contributed by atoms with van der Waals surface area (Å²) in [5, 5.41) is 0. The Hall–Kier alpha value is -1.82. The smallest absolute Gasteiger partial charge is 0.0192 e. The summed E-state index contributed by atoms with van der Waals surface area (Å²) in [4.78, 5) is 0. The molecule has 0 amide bonds. The van der Waals surface area contributed by atoms with Crippen LogP contribution in [0.2, 0.25) is 0 Å². The molecule has 1 aromatic carbocycles. The van der Waals surface area contributed by atoms with Crippen molar-refractivity contribution in [1.29, 1.82) is 0 Å². The number of rotatable bonds is 3. The van der Waals surface area contributed by atoms with Crippen LogP contribution in [0.1, 0.15) is 44.7 Å². The number of allylic oxidation sites excluding steroid dienone is 8. The van der Waals surface area contributed by atoms with Crippen molar-refractivity contribution in [3.63, 3.8) is 0 Å². The predicted octanol–water partition coefficient (Wildman–Crippen LogP) is 5.88. The Labute approximate surface area is 123 Å². The van der Waals surface area contributed by atoms with Crippen LogP contribution in [0.3, 0.4) is 0 Å². The molecular formula is C20H24. The van der Waals surface area contributed by atoms with Crippen molar-refractivity contribution in [1.82, 2.24) is 0 Å². The lowest BCUT2D eigenvalue weighted by atomic mass is 9.86. The summed E-state index contributed by atoms with van der Waals surface area (Å²) < 4.78 is 0. The maximum Gasteiger partial charge on any atom is -0.0192 e. The van der Waals surface area contributed by atoms with Crippen molar-refractivity contribution >= 4 is 5.57 Å². The second-order valence-corrected chi connectivity index (χ2v) is 5.48. The van der Waals surface area contributed by atoms with Crippen molar-refractivity contribution in [2.24, 2.45) is 0 Å². The van der Waals surface area contributed by atoms with Gasteiger partial charge in [-0.3, -0.25) is 0 Å². The first-order valence-corrected chi connectivity index (χ1v) is 7.47. The predicted molar refractivity (Wildman–Crippen MR) is 89.7 cm³/mol. The Morgan fingerprint density at radius 1 is 1.05 bits per heavy atom. The molecule has 0 heterocycles. The molecule has 0 N–H and O–H groups in total. The van der Waals surface area contributed by atoms with E-state index in [0.29, 0.717) is 0 Å². The Morgan fingerprint density at radius 3 is 2.65 bits per heavy atom. The van der Waals surface area contributed by atoms with Gasteiger partial charge in [-0.05, 0) is 56.7 Å². The van der Waals surface area contributed by atoms with E-state index < -0.39 is 0 Å². The van der Waals surface area contributed by atoms with Crippen LogP contribution in [0, 0.1) is 0 Å². The fraction of sp³-hybridized carbons (Fsp3) is 0.300. The molecule has 0 radical (unpaired) electrons. The Bertz CT molecular complexity index is 580. The van der Waals surface area contributed by atoms with E-state index >= 15 is 0 Å². The van der Waals surface area contributed by atoms with Gasteiger partial charge in [-0.25, -0.2) is 0 Å². The van der Waals surface area contributed by atoms with Gasteiger partial charge < -0.3 is 0 Å².